The molecule has 0 amide bonds. The van der Waals surface area contributed by atoms with E-state index in [-0.39, 0.29) is 81.6 Å². The quantitative estimate of drug-likeness (QED) is 0.222. The van der Waals surface area contributed by atoms with Crippen LogP contribution < -0.4 is 59.1 Å². The van der Waals surface area contributed by atoms with E-state index in [2.05, 4.69) is 9.47 Å². The van der Waals surface area contributed by atoms with Crippen LogP contribution in [0.4, 0.5) is 0 Å². The number of hydrogen-bond acceptors (Lipinski definition) is 6. The minimum atomic E-state index is -1.16. The summed E-state index contributed by atoms with van der Waals surface area (Å²) in [6, 6.07) is 0. The summed E-state index contributed by atoms with van der Waals surface area (Å²) >= 11 is 0. The van der Waals surface area contributed by atoms with E-state index in [4.69, 9.17) is 0 Å². The van der Waals surface area contributed by atoms with E-state index in [1.54, 1.807) is 13.8 Å². The van der Waals surface area contributed by atoms with Gasteiger partial charge in [0, 0.05) is 0 Å². The van der Waals surface area contributed by atoms with Gasteiger partial charge in [-0.25, -0.2) is 0 Å². The van der Waals surface area contributed by atoms with Crippen LogP contribution in [0.15, 0.2) is 0 Å². The van der Waals surface area contributed by atoms with Gasteiger partial charge in [0.1, 0.15) is 11.8 Å². The first-order valence-corrected chi connectivity index (χ1v) is 5.44. The molecular weight excluding hydrogens is 274 g/mol. The molecule has 0 heterocycles. The molecule has 1 saturated carbocycles. The Balaban J connectivity index is -0.000000361. The van der Waals surface area contributed by atoms with E-state index in [0.29, 0.717) is 0 Å². The maximum Gasteiger partial charge on any atom is 1.00 e. The molecular formula is C11H16Na2O6. The van der Waals surface area contributed by atoms with Crippen LogP contribution >= 0.6 is 0 Å². The largest absolute Gasteiger partial charge is 1.00 e. The van der Waals surface area contributed by atoms with Gasteiger partial charge in [0.2, 0.25) is 11.6 Å². The Morgan fingerprint density at radius 3 is 1.58 bits per heavy atom. The van der Waals surface area contributed by atoms with E-state index >= 15 is 0 Å². The molecule has 0 aliphatic heterocycles. The Morgan fingerprint density at radius 1 is 1.00 bits per heavy atom. The molecule has 0 bridgehead atoms. The summed E-state index contributed by atoms with van der Waals surface area (Å²) in [5, 5.41) is 0. The number of ether oxygens (including phenoxy) is 2. The monoisotopic (exact) mass is 290 g/mol. The number of esters is 2. The predicted octanol–water partition coefficient (Wildman–Crippen LogP) is -5.88. The molecule has 2 atom stereocenters. The molecule has 1 rings (SSSR count). The first-order chi connectivity index (χ1) is 8.02. The summed E-state index contributed by atoms with van der Waals surface area (Å²) in [6.07, 6.45) is -0.144. The normalized spacial score (nSPS) is 21.2. The topological polar surface area (TPSA) is 86.7 Å². The van der Waals surface area contributed by atoms with Gasteiger partial charge in [-0.2, -0.15) is 0 Å². The summed E-state index contributed by atoms with van der Waals surface area (Å²) in [7, 11) is 0. The smallest absolute Gasteiger partial charge is 1.00 e. The van der Waals surface area contributed by atoms with Crippen LogP contribution in [0.25, 0.3) is 0 Å². The average Bonchev–Trinajstić information content (AvgIpc) is 2.57. The Morgan fingerprint density at radius 2 is 1.32 bits per heavy atom. The van der Waals surface area contributed by atoms with E-state index in [1.807, 2.05) is 0 Å². The van der Waals surface area contributed by atoms with E-state index in [9.17, 15) is 19.2 Å². The van der Waals surface area contributed by atoms with Gasteiger partial charge in [0.15, 0.2) is 0 Å². The zero-order valence-corrected chi connectivity index (χ0v) is 15.7. The Kier molecular flexibility index (Phi) is 11.4. The second-order valence-corrected chi connectivity index (χ2v) is 3.57. The first kappa shape index (κ1) is 21.6. The SMILES string of the molecule is CCOC(=O)C1CC(C(=O)OCC)C(=O)C1=O.[H-].[H-].[Na+].[Na+]. The Hall–Kier alpha value is 0.280. The van der Waals surface area contributed by atoms with Crippen molar-refractivity contribution >= 4 is 23.5 Å². The van der Waals surface area contributed by atoms with E-state index in [0.717, 1.165) is 0 Å². The van der Waals surface area contributed by atoms with Crippen LogP contribution in [0.1, 0.15) is 23.1 Å². The molecule has 0 saturated heterocycles. The van der Waals surface area contributed by atoms with E-state index in [1.165, 1.54) is 0 Å². The molecule has 6 nitrogen and oxygen atoms in total. The molecule has 0 N–H and O–H groups in total. The fraction of sp³-hybridized carbons (Fsp3) is 0.636. The van der Waals surface area contributed by atoms with Crippen molar-refractivity contribution in [3.05, 3.63) is 0 Å². The Labute approximate surface area is 158 Å². The van der Waals surface area contributed by atoms with Crippen molar-refractivity contribution < 1.29 is 90.6 Å². The fourth-order valence-corrected chi connectivity index (χ4v) is 1.69. The summed E-state index contributed by atoms with van der Waals surface area (Å²) in [6.45, 7) is 3.45. The third kappa shape index (κ3) is 5.28. The number of carbonyl (C=O) groups is 4. The van der Waals surface area contributed by atoms with Crippen molar-refractivity contribution in [3.63, 3.8) is 0 Å². The second kappa shape index (κ2) is 10.1. The molecule has 8 heteroatoms. The molecule has 1 fully saturated rings. The minimum absolute atomic E-state index is 0. The minimum Gasteiger partial charge on any atom is -1.00 e. The van der Waals surface area contributed by atoms with Gasteiger partial charge in [-0.3, -0.25) is 19.2 Å². The molecule has 0 aromatic carbocycles. The van der Waals surface area contributed by atoms with Crippen LogP contribution in [-0.2, 0) is 28.7 Å². The third-order valence-electron chi connectivity index (χ3n) is 2.49. The number of ketones is 2. The van der Waals surface area contributed by atoms with Crippen LogP contribution in [0.2, 0.25) is 0 Å². The van der Waals surface area contributed by atoms with Gasteiger partial charge in [0.05, 0.1) is 13.2 Å². The maximum absolute atomic E-state index is 11.5. The zero-order chi connectivity index (χ0) is 13.0. The van der Waals surface area contributed by atoms with Crippen LogP contribution in [0.3, 0.4) is 0 Å². The molecule has 98 valence electrons. The number of rotatable bonds is 4. The fourth-order valence-electron chi connectivity index (χ4n) is 1.69. The van der Waals surface area contributed by atoms with Crippen molar-refractivity contribution in [2.24, 2.45) is 11.8 Å². The molecule has 1 aliphatic carbocycles. The van der Waals surface area contributed by atoms with Gasteiger partial charge >= 0.3 is 71.1 Å². The number of carbonyl (C=O) groups excluding carboxylic acids is 4. The van der Waals surface area contributed by atoms with Crippen LogP contribution in [-0.4, -0.2) is 36.7 Å². The van der Waals surface area contributed by atoms with Gasteiger partial charge < -0.3 is 12.3 Å². The van der Waals surface area contributed by atoms with Gasteiger partial charge in [-0.05, 0) is 20.3 Å². The molecule has 0 spiro atoms. The number of Topliss-reactive ketones (excluding diaryl/α,β-unsaturated/α-hetero) is 2. The standard InChI is InChI=1S/C11H14O6.2Na.2H/c1-3-16-10(14)6-5-7(9(13)8(6)12)11(15)17-4-2;;;;/h6-7H,3-5H2,1-2H3;;;;/q;2*+1;2*-1. The maximum atomic E-state index is 11.5. The molecule has 0 aromatic heterocycles. The summed E-state index contributed by atoms with van der Waals surface area (Å²) in [4.78, 5) is 45.7. The van der Waals surface area contributed by atoms with Crippen molar-refractivity contribution in [1.82, 2.24) is 0 Å². The summed E-state index contributed by atoms with van der Waals surface area (Å²) < 4.78 is 9.34. The van der Waals surface area contributed by atoms with Crippen molar-refractivity contribution in [3.8, 4) is 0 Å². The van der Waals surface area contributed by atoms with Gasteiger partial charge in [0.25, 0.3) is 0 Å². The first-order valence-electron chi connectivity index (χ1n) is 5.44. The molecule has 0 radical (unpaired) electrons. The zero-order valence-electron chi connectivity index (χ0n) is 13.7. The average molecular weight is 290 g/mol. The van der Waals surface area contributed by atoms with Crippen LogP contribution in [0, 0.1) is 11.8 Å². The Bertz CT molecular complexity index is 344. The van der Waals surface area contributed by atoms with Gasteiger partial charge in [-0.1, -0.05) is 0 Å². The molecule has 2 unspecified atom stereocenters. The molecule has 19 heavy (non-hydrogen) atoms. The number of hydrogen-bond donors (Lipinski definition) is 0. The third-order valence-corrected chi connectivity index (χ3v) is 2.49. The van der Waals surface area contributed by atoms with Crippen LogP contribution in [0.5, 0.6) is 0 Å². The second-order valence-electron chi connectivity index (χ2n) is 3.57. The molecule has 0 aromatic rings. The predicted molar refractivity (Wildman–Crippen MR) is 57.1 cm³/mol. The summed E-state index contributed by atoms with van der Waals surface area (Å²) in [5.41, 5.74) is 0. The molecule has 1 aliphatic rings. The van der Waals surface area contributed by atoms with E-state index < -0.39 is 35.3 Å². The van der Waals surface area contributed by atoms with Gasteiger partial charge in [-0.15, -0.1) is 0 Å². The van der Waals surface area contributed by atoms with Crippen molar-refractivity contribution in [2.45, 2.75) is 20.3 Å². The van der Waals surface area contributed by atoms with Crippen molar-refractivity contribution in [2.75, 3.05) is 13.2 Å². The van der Waals surface area contributed by atoms with Crippen molar-refractivity contribution in [1.29, 1.82) is 0 Å². The summed E-state index contributed by atoms with van der Waals surface area (Å²) in [5.74, 6) is -5.54.